The number of thiocarbonyl (C=S) groups is 1. The number of rotatable bonds is 5. The summed E-state index contributed by atoms with van der Waals surface area (Å²) in [6.45, 7) is 1.93. The topological polar surface area (TPSA) is 63.4 Å². The van der Waals surface area contributed by atoms with E-state index in [1.165, 1.54) is 11.4 Å². The lowest BCUT2D eigenvalue weighted by molar-refractivity contribution is 0.505. The third kappa shape index (κ3) is 3.99. The Morgan fingerprint density at radius 2 is 2.08 bits per heavy atom. The maximum absolute atomic E-state index is 11.3. The van der Waals surface area contributed by atoms with Gasteiger partial charge in [-0.2, -0.15) is 4.31 Å². The summed E-state index contributed by atoms with van der Waals surface area (Å²) in [7, 11) is -1.66. The Hall–Kier alpha value is -0.200. The number of sulfonamides is 1. The number of likely N-dealkylation sites (N-methyl/N-ethyl adjacent to an activating group) is 1. The van der Waals surface area contributed by atoms with Gasteiger partial charge in [-0.25, -0.2) is 8.42 Å². The molecule has 0 heterocycles. The second-order valence-corrected chi connectivity index (χ2v) is 5.26. The van der Waals surface area contributed by atoms with E-state index >= 15 is 0 Å². The Morgan fingerprint density at radius 1 is 1.58 bits per heavy atom. The van der Waals surface area contributed by atoms with Crippen molar-refractivity contribution in [3.8, 4) is 0 Å². The normalized spacial score (nSPS) is 11.9. The van der Waals surface area contributed by atoms with Crippen molar-refractivity contribution in [3.63, 3.8) is 0 Å². The van der Waals surface area contributed by atoms with Crippen molar-refractivity contribution in [2.75, 3.05) is 19.3 Å². The SMILES string of the molecule is CCCS(=O)(=O)N(C)CC(N)=S. The zero-order valence-corrected chi connectivity index (χ0v) is 8.91. The Labute approximate surface area is 78.8 Å². The third-order valence-corrected chi connectivity index (χ3v) is 3.45. The van der Waals surface area contributed by atoms with Gasteiger partial charge in [0.05, 0.1) is 17.3 Å². The molecule has 0 aromatic heterocycles. The molecule has 0 unspecified atom stereocenters. The first kappa shape index (κ1) is 11.8. The number of hydrogen-bond donors (Lipinski definition) is 1. The Kier molecular flexibility index (Phi) is 4.66. The van der Waals surface area contributed by atoms with Gasteiger partial charge >= 0.3 is 0 Å². The molecule has 0 saturated carbocycles. The fraction of sp³-hybridized carbons (Fsp3) is 0.833. The van der Waals surface area contributed by atoms with Crippen LogP contribution in [0.5, 0.6) is 0 Å². The molecular weight excluding hydrogens is 196 g/mol. The smallest absolute Gasteiger partial charge is 0.214 e. The van der Waals surface area contributed by atoms with Gasteiger partial charge in [0.1, 0.15) is 0 Å². The van der Waals surface area contributed by atoms with Crippen molar-refractivity contribution in [1.82, 2.24) is 4.31 Å². The van der Waals surface area contributed by atoms with Crippen molar-refractivity contribution in [2.45, 2.75) is 13.3 Å². The Morgan fingerprint density at radius 3 is 2.42 bits per heavy atom. The molecule has 0 saturated heterocycles. The van der Waals surface area contributed by atoms with Gasteiger partial charge in [-0.15, -0.1) is 0 Å². The van der Waals surface area contributed by atoms with Crippen LogP contribution in [0.1, 0.15) is 13.3 Å². The van der Waals surface area contributed by atoms with Crippen LogP contribution >= 0.6 is 12.2 Å². The van der Waals surface area contributed by atoms with E-state index in [0.717, 1.165) is 0 Å². The quantitative estimate of drug-likeness (QED) is 0.646. The van der Waals surface area contributed by atoms with Gasteiger partial charge in [0.25, 0.3) is 0 Å². The number of hydrogen-bond acceptors (Lipinski definition) is 3. The van der Waals surface area contributed by atoms with Crippen LogP contribution in [0.2, 0.25) is 0 Å². The summed E-state index contributed by atoms with van der Waals surface area (Å²) in [5.41, 5.74) is 5.21. The summed E-state index contributed by atoms with van der Waals surface area (Å²) in [6.07, 6.45) is 0.601. The zero-order chi connectivity index (χ0) is 9.78. The Bertz CT molecular complexity index is 248. The predicted molar refractivity (Wildman–Crippen MR) is 53.5 cm³/mol. The van der Waals surface area contributed by atoms with E-state index < -0.39 is 10.0 Å². The zero-order valence-electron chi connectivity index (χ0n) is 7.28. The van der Waals surface area contributed by atoms with Crippen molar-refractivity contribution >= 4 is 27.2 Å². The summed E-state index contributed by atoms with van der Waals surface area (Å²) >= 11 is 4.60. The third-order valence-electron chi connectivity index (χ3n) is 1.32. The van der Waals surface area contributed by atoms with Gasteiger partial charge in [-0.1, -0.05) is 19.1 Å². The second-order valence-electron chi connectivity index (χ2n) is 2.54. The molecule has 0 rings (SSSR count). The van der Waals surface area contributed by atoms with Crippen LogP contribution in [0, 0.1) is 0 Å². The van der Waals surface area contributed by atoms with Crippen LogP contribution < -0.4 is 5.73 Å². The van der Waals surface area contributed by atoms with Crippen LogP contribution in [0.4, 0.5) is 0 Å². The highest BCUT2D eigenvalue weighted by molar-refractivity contribution is 7.89. The number of nitrogens with zero attached hydrogens (tertiary/aromatic N) is 1. The highest BCUT2D eigenvalue weighted by atomic mass is 32.2. The van der Waals surface area contributed by atoms with Gasteiger partial charge in [0.2, 0.25) is 10.0 Å². The lowest BCUT2D eigenvalue weighted by Crippen LogP contribution is -2.35. The molecular formula is C6H14N2O2S2. The maximum Gasteiger partial charge on any atom is 0.214 e. The van der Waals surface area contributed by atoms with E-state index in [-0.39, 0.29) is 17.3 Å². The molecule has 2 N–H and O–H groups in total. The molecule has 0 spiro atoms. The molecule has 0 aliphatic carbocycles. The maximum atomic E-state index is 11.3. The van der Waals surface area contributed by atoms with Gasteiger partial charge in [0.15, 0.2) is 0 Å². The number of nitrogens with two attached hydrogens (primary N) is 1. The molecule has 72 valence electrons. The predicted octanol–water partition coefficient (Wildman–Crippen LogP) is -0.0559. The van der Waals surface area contributed by atoms with E-state index in [4.69, 9.17) is 5.73 Å². The van der Waals surface area contributed by atoms with Crippen molar-refractivity contribution in [1.29, 1.82) is 0 Å². The molecule has 0 aliphatic rings. The van der Waals surface area contributed by atoms with Gasteiger partial charge in [-0.3, -0.25) is 0 Å². The van der Waals surface area contributed by atoms with E-state index in [9.17, 15) is 8.42 Å². The standard InChI is InChI=1S/C6H14N2O2S2/c1-3-4-12(9,10)8(2)5-6(7)11/h3-5H2,1-2H3,(H2,7,11). The molecule has 0 atom stereocenters. The first-order valence-electron chi connectivity index (χ1n) is 3.62. The molecule has 0 amide bonds. The van der Waals surface area contributed by atoms with Gasteiger partial charge < -0.3 is 5.73 Å². The molecule has 0 aromatic carbocycles. The summed E-state index contributed by atoms with van der Waals surface area (Å²) < 4.78 is 23.7. The summed E-state index contributed by atoms with van der Waals surface area (Å²) in [5, 5.41) is 0. The Balaban J connectivity index is 4.26. The lowest BCUT2D eigenvalue weighted by Gasteiger charge is -2.15. The molecule has 0 aliphatic heterocycles. The van der Waals surface area contributed by atoms with Crippen LogP contribution in [0.3, 0.4) is 0 Å². The molecule has 0 aromatic rings. The fourth-order valence-electron chi connectivity index (χ4n) is 0.732. The lowest BCUT2D eigenvalue weighted by atomic mass is 10.6. The summed E-state index contributed by atoms with van der Waals surface area (Å²) in [4.78, 5) is 0.192. The molecule has 6 heteroatoms. The summed E-state index contributed by atoms with van der Waals surface area (Å²) in [6, 6.07) is 0. The molecule has 0 radical (unpaired) electrons. The minimum Gasteiger partial charge on any atom is -0.392 e. The van der Waals surface area contributed by atoms with Crippen molar-refractivity contribution in [2.24, 2.45) is 5.73 Å². The molecule has 12 heavy (non-hydrogen) atoms. The fourth-order valence-corrected chi connectivity index (χ4v) is 2.17. The molecule has 0 bridgehead atoms. The second kappa shape index (κ2) is 4.74. The average Bonchev–Trinajstić information content (AvgIpc) is 1.85. The van der Waals surface area contributed by atoms with E-state index in [1.807, 2.05) is 6.92 Å². The van der Waals surface area contributed by atoms with Crippen LogP contribution in [-0.4, -0.2) is 37.1 Å². The van der Waals surface area contributed by atoms with Crippen LogP contribution in [-0.2, 0) is 10.0 Å². The minimum atomic E-state index is -3.14. The van der Waals surface area contributed by atoms with E-state index in [1.54, 1.807) is 0 Å². The average molecular weight is 210 g/mol. The first-order valence-corrected chi connectivity index (χ1v) is 5.64. The van der Waals surface area contributed by atoms with Crippen molar-refractivity contribution in [3.05, 3.63) is 0 Å². The van der Waals surface area contributed by atoms with Gasteiger partial charge in [0, 0.05) is 7.05 Å². The van der Waals surface area contributed by atoms with Crippen LogP contribution in [0.25, 0.3) is 0 Å². The summed E-state index contributed by atoms with van der Waals surface area (Å²) in [5.74, 6) is 0.145. The molecule has 4 nitrogen and oxygen atoms in total. The van der Waals surface area contributed by atoms with E-state index in [0.29, 0.717) is 6.42 Å². The molecule has 0 fully saturated rings. The van der Waals surface area contributed by atoms with Crippen molar-refractivity contribution < 1.29 is 8.42 Å². The monoisotopic (exact) mass is 210 g/mol. The van der Waals surface area contributed by atoms with E-state index in [2.05, 4.69) is 12.2 Å². The highest BCUT2D eigenvalue weighted by Gasteiger charge is 2.16. The highest BCUT2D eigenvalue weighted by Crippen LogP contribution is 1.99. The first-order chi connectivity index (χ1) is 5.40. The van der Waals surface area contributed by atoms with Crippen LogP contribution in [0.15, 0.2) is 0 Å². The minimum absolute atomic E-state index is 0.123. The largest absolute Gasteiger partial charge is 0.392 e. The van der Waals surface area contributed by atoms with Gasteiger partial charge in [-0.05, 0) is 6.42 Å².